The number of anilines is 1. The first-order valence-electron chi connectivity index (χ1n) is 13.5. The fourth-order valence-electron chi connectivity index (χ4n) is 5.21. The molecule has 0 atom stereocenters. The van der Waals surface area contributed by atoms with Crippen LogP contribution in [-0.4, -0.2) is 39.3 Å². The highest BCUT2D eigenvalue weighted by molar-refractivity contribution is 7.15. The van der Waals surface area contributed by atoms with Crippen molar-refractivity contribution >= 4 is 28.9 Å². The summed E-state index contributed by atoms with van der Waals surface area (Å²) in [6, 6.07) is 4.60. The molecule has 0 aromatic carbocycles. The number of aromatic nitrogens is 2. The van der Waals surface area contributed by atoms with Crippen molar-refractivity contribution in [3.05, 3.63) is 38.3 Å². The zero-order valence-corrected chi connectivity index (χ0v) is 23.4. The Hall–Kier alpha value is -3.12. The molecule has 204 valence electrons. The number of hydrogen-bond donors (Lipinski definition) is 2. The number of carbonyl (C=O) groups excluding carboxylic acids is 1. The third kappa shape index (κ3) is 7.04. The molecule has 8 nitrogen and oxygen atoms in total. The molecule has 0 radical (unpaired) electrons. The molecular weight excluding hydrogens is 502 g/mol. The maximum atomic E-state index is 14.0. The van der Waals surface area contributed by atoms with Crippen molar-refractivity contribution in [3.63, 3.8) is 0 Å². The quantitative estimate of drug-likeness (QED) is 0.470. The van der Waals surface area contributed by atoms with Crippen LogP contribution in [0.15, 0.2) is 23.0 Å². The van der Waals surface area contributed by atoms with Crippen LogP contribution in [0.2, 0.25) is 0 Å². The molecule has 1 amide bonds. The van der Waals surface area contributed by atoms with E-state index in [1.54, 1.807) is 17.0 Å². The van der Waals surface area contributed by atoms with Gasteiger partial charge >= 0.3 is 5.97 Å². The van der Waals surface area contributed by atoms with E-state index < -0.39 is 5.97 Å². The molecule has 9 heteroatoms. The van der Waals surface area contributed by atoms with Gasteiger partial charge in [0.15, 0.2) is 0 Å². The molecule has 2 heterocycles. The fourth-order valence-corrected chi connectivity index (χ4v) is 6.05. The number of nitrogens with zero attached hydrogens (tertiary/aromatic N) is 2. The van der Waals surface area contributed by atoms with E-state index in [-0.39, 0.29) is 39.8 Å². The number of thiophene rings is 1. The third-order valence-electron chi connectivity index (χ3n) is 7.28. The lowest BCUT2D eigenvalue weighted by Gasteiger charge is -2.39. The lowest BCUT2D eigenvalue weighted by molar-refractivity contribution is -0.124. The number of carbonyl (C=O) groups is 2. The molecule has 0 saturated heterocycles. The van der Waals surface area contributed by atoms with E-state index in [2.05, 4.69) is 29.0 Å². The van der Waals surface area contributed by atoms with Gasteiger partial charge in [0, 0.05) is 29.5 Å². The van der Waals surface area contributed by atoms with Gasteiger partial charge in [0.05, 0.1) is 10.6 Å². The Kier molecular flexibility index (Phi) is 8.61. The zero-order valence-electron chi connectivity index (χ0n) is 22.6. The normalized spacial score (nSPS) is 23.7. The average molecular weight is 540 g/mol. The first-order chi connectivity index (χ1) is 18.0. The van der Waals surface area contributed by atoms with Crippen molar-refractivity contribution in [2.75, 3.05) is 4.90 Å². The highest BCUT2D eigenvalue weighted by atomic mass is 32.1. The number of amides is 1. The van der Waals surface area contributed by atoms with Crippen LogP contribution in [0.3, 0.4) is 0 Å². The highest BCUT2D eigenvalue weighted by Gasteiger charge is 2.37. The SMILES string of the molecule is CC(C)(C)C#Cc1cc(N(C(=O)[C@H]2CC[C@H](C)CC2)[C@H]2CC[C@H](Oc3ccc(=O)[nH]n3)CC2)c(C(=O)O)s1. The molecule has 2 aliphatic rings. The van der Waals surface area contributed by atoms with Gasteiger partial charge < -0.3 is 14.7 Å². The summed E-state index contributed by atoms with van der Waals surface area (Å²) in [6.07, 6.45) is 6.34. The van der Waals surface area contributed by atoms with Crippen LogP contribution in [0.25, 0.3) is 0 Å². The number of carboxylic acids is 1. The van der Waals surface area contributed by atoms with E-state index in [4.69, 9.17) is 4.74 Å². The molecular formula is C29H37N3O5S. The molecule has 0 unspecified atom stereocenters. The van der Waals surface area contributed by atoms with Crippen molar-refractivity contribution in [1.29, 1.82) is 0 Å². The molecule has 2 fully saturated rings. The molecule has 0 spiro atoms. The average Bonchev–Trinajstić information content (AvgIpc) is 3.30. The summed E-state index contributed by atoms with van der Waals surface area (Å²) in [7, 11) is 0. The van der Waals surface area contributed by atoms with E-state index in [0.717, 1.165) is 37.0 Å². The van der Waals surface area contributed by atoms with Gasteiger partial charge in [-0.25, -0.2) is 9.89 Å². The minimum Gasteiger partial charge on any atom is -0.477 e. The van der Waals surface area contributed by atoms with Gasteiger partial charge in [-0.15, -0.1) is 16.4 Å². The molecule has 2 saturated carbocycles. The molecule has 2 aromatic rings. The van der Waals surface area contributed by atoms with Crippen LogP contribution >= 0.6 is 11.3 Å². The van der Waals surface area contributed by atoms with Gasteiger partial charge in [0.2, 0.25) is 11.8 Å². The van der Waals surface area contributed by atoms with Gasteiger partial charge in [-0.1, -0.05) is 18.8 Å². The molecule has 0 bridgehead atoms. The molecule has 4 rings (SSSR count). The number of aromatic carboxylic acids is 1. The summed E-state index contributed by atoms with van der Waals surface area (Å²) in [6.45, 7) is 8.25. The minimum atomic E-state index is -1.04. The maximum Gasteiger partial charge on any atom is 0.348 e. The van der Waals surface area contributed by atoms with Crippen LogP contribution in [0.4, 0.5) is 5.69 Å². The first kappa shape index (κ1) is 27.9. The molecule has 2 aliphatic carbocycles. The van der Waals surface area contributed by atoms with E-state index in [1.165, 1.54) is 6.07 Å². The van der Waals surface area contributed by atoms with Crippen LogP contribution in [0, 0.1) is 29.1 Å². The van der Waals surface area contributed by atoms with Crippen molar-refractivity contribution < 1.29 is 19.4 Å². The molecule has 2 N–H and O–H groups in total. The predicted molar refractivity (Wildman–Crippen MR) is 148 cm³/mol. The third-order valence-corrected chi connectivity index (χ3v) is 8.31. The number of aromatic amines is 1. The van der Waals surface area contributed by atoms with Gasteiger partial charge in [0.25, 0.3) is 5.56 Å². The summed E-state index contributed by atoms with van der Waals surface area (Å²) in [5, 5.41) is 16.4. The summed E-state index contributed by atoms with van der Waals surface area (Å²) >= 11 is 1.14. The molecule has 0 aliphatic heterocycles. The first-order valence-corrected chi connectivity index (χ1v) is 14.3. The number of hydrogen-bond acceptors (Lipinski definition) is 6. The Bertz CT molecular complexity index is 1250. The molecule has 2 aromatic heterocycles. The number of H-pyrrole nitrogens is 1. The minimum absolute atomic E-state index is 0.0270. The number of nitrogens with one attached hydrogen (secondary N) is 1. The maximum absolute atomic E-state index is 14.0. The number of rotatable bonds is 6. The number of ether oxygens (including phenoxy) is 1. The highest BCUT2D eigenvalue weighted by Crippen LogP contribution is 2.39. The van der Waals surface area contributed by atoms with E-state index in [1.807, 2.05) is 20.8 Å². The fraction of sp³-hybridized carbons (Fsp3) is 0.586. The van der Waals surface area contributed by atoms with Crippen LogP contribution < -0.4 is 15.2 Å². The largest absolute Gasteiger partial charge is 0.477 e. The smallest absolute Gasteiger partial charge is 0.348 e. The second-order valence-electron chi connectivity index (χ2n) is 11.6. The van der Waals surface area contributed by atoms with Crippen LogP contribution in [0.5, 0.6) is 5.88 Å². The summed E-state index contributed by atoms with van der Waals surface area (Å²) in [5.41, 5.74) is -0.0409. The van der Waals surface area contributed by atoms with Gasteiger partial charge in [0.1, 0.15) is 11.0 Å². The Labute approximate surface area is 227 Å². The van der Waals surface area contributed by atoms with Crippen LogP contribution in [-0.2, 0) is 4.79 Å². The predicted octanol–water partition coefficient (Wildman–Crippen LogP) is 5.48. The van der Waals surface area contributed by atoms with E-state index in [0.29, 0.717) is 48.0 Å². The van der Waals surface area contributed by atoms with Gasteiger partial charge in [-0.05, 0) is 84.1 Å². The summed E-state index contributed by atoms with van der Waals surface area (Å²) in [4.78, 5) is 40.2. The number of carboxylic acid groups (broad SMARTS) is 1. The second-order valence-corrected chi connectivity index (χ2v) is 12.7. The lowest BCUT2D eigenvalue weighted by atomic mass is 9.81. The lowest BCUT2D eigenvalue weighted by Crippen LogP contribution is -2.47. The summed E-state index contributed by atoms with van der Waals surface area (Å²) in [5.74, 6) is 6.18. The van der Waals surface area contributed by atoms with E-state index >= 15 is 0 Å². The van der Waals surface area contributed by atoms with Crippen LogP contribution in [0.1, 0.15) is 93.6 Å². The Morgan fingerprint density at radius 3 is 2.37 bits per heavy atom. The standard InChI is InChI=1S/C29H37N3O5S/c1-18-5-7-19(8-6-18)27(34)32(23-17-22(15-16-29(2,3)4)38-26(23)28(35)36)20-9-11-21(12-10-20)37-25-14-13-24(33)30-31-25/h13-14,17-21H,5-12H2,1-4H3,(H,30,33)(H,35,36)/t18-,19-,20-,21-. The Morgan fingerprint density at radius 1 is 1.11 bits per heavy atom. The Balaban J connectivity index is 1.60. The van der Waals surface area contributed by atoms with Crippen molar-refractivity contribution in [2.45, 2.75) is 91.2 Å². The van der Waals surface area contributed by atoms with Crippen molar-refractivity contribution in [3.8, 4) is 17.7 Å². The second kappa shape index (κ2) is 11.7. The molecule has 38 heavy (non-hydrogen) atoms. The van der Waals surface area contributed by atoms with Gasteiger partial charge in [-0.3, -0.25) is 9.59 Å². The topological polar surface area (TPSA) is 113 Å². The van der Waals surface area contributed by atoms with Crippen molar-refractivity contribution in [1.82, 2.24) is 10.2 Å². The van der Waals surface area contributed by atoms with E-state index in [9.17, 15) is 19.5 Å². The Morgan fingerprint density at radius 2 is 1.79 bits per heavy atom. The summed E-state index contributed by atoms with van der Waals surface area (Å²) < 4.78 is 5.97. The van der Waals surface area contributed by atoms with Crippen molar-refractivity contribution in [2.24, 2.45) is 17.3 Å². The zero-order chi connectivity index (χ0) is 27.4. The monoisotopic (exact) mass is 539 g/mol. The van der Waals surface area contributed by atoms with Gasteiger partial charge in [-0.2, -0.15) is 0 Å².